The minimum absolute atomic E-state index is 0.0319. The van der Waals surface area contributed by atoms with Gasteiger partial charge in [-0.25, -0.2) is 4.98 Å². The molecule has 1 saturated heterocycles. The number of nitrogens with zero attached hydrogens (tertiary/aromatic N) is 4. The topological polar surface area (TPSA) is 40.8 Å². The van der Waals surface area contributed by atoms with E-state index < -0.39 is 0 Å². The molecule has 0 bridgehead atoms. The maximum Gasteiger partial charge on any atom is 0.223 e. The van der Waals surface area contributed by atoms with Crippen LogP contribution in [0.4, 0.5) is 5.69 Å². The summed E-state index contributed by atoms with van der Waals surface area (Å²) in [5, 5.41) is 0. The van der Waals surface area contributed by atoms with Crippen molar-refractivity contribution in [3.63, 3.8) is 0 Å². The first-order valence-corrected chi connectivity index (χ1v) is 11.3. The molecule has 1 fully saturated rings. The van der Waals surface area contributed by atoms with E-state index >= 15 is 0 Å². The predicted octanol–water partition coefficient (Wildman–Crippen LogP) is 4.51. The summed E-state index contributed by atoms with van der Waals surface area (Å²) < 4.78 is 2.10. The Labute approximate surface area is 188 Å². The number of aromatic nitrogens is 2. The molecule has 1 amide bonds. The standard InChI is InChI=1S/C27H28N4O/c1-21-9-5-6-12-24(21)29-15-17-30(18-16-29)27(32)19-23(22-10-3-2-4-11-22)25-20-28-26-13-7-8-14-31(25)26/h2-14,20,23H,15-19H2,1H3. The van der Waals surface area contributed by atoms with Crippen LogP contribution in [-0.4, -0.2) is 46.4 Å². The second-order valence-corrected chi connectivity index (χ2v) is 8.43. The van der Waals surface area contributed by atoms with Gasteiger partial charge in [0, 0.05) is 56.6 Å². The number of amides is 1. The third-order valence-electron chi connectivity index (χ3n) is 6.47. The molecule has 32 heavy (non-hydrogen) atoms. The number of hydrogen-bond donors (Lipinski definition) is 0. The molecule has 1 aliphatic heterocycles. The third kappa shape index (κ3) is 3.98. The zero-order valence-corrected chi connectivity index (χ0v) is 18.4. The maximum absolute atomic E-state index is 13.4. The van der Waals surface area contributed by atoms with Crippen LogP contribution in [-0.2, 0) is 4.79 Å². The van der Waals surface area contributed by atoms with E-state index in [1.54, 1.807) is 0 Å². The van der Waals surface area contributed by atoms with Crippen molar-refractivity contribution in [2.24, 2.45) is 0 Å². The van der Waals surface area contributed by atoms with Gasteiger partial charge in [-0.3, -0.25) is 4.79 Å². The molecule has 0 aliphatic carbocycles. The van der Waals surface area contributed by atoms with Crippen LogP contribution in [0.25, 0.3) is 5.65 Å². The van der Waals surface area contributed by atoms with Crippen LogP contribution in [0.3, 0.4) is 0 Å². The van der Waals surface area contributed by atoms with Crippen molar-refractivity contribution in [2.45, 2.75) is 19.3 Å². The summed E-state index contributed by atoms with van der Waals surface area (Å²) in [5.74, 6) is 0.171. The molecule has 5 rings (SSSR count). The summed E-state index contributed by atoms with van der Waals surface area (Å²) in [6.07, 6.45) is 4.38. The van der Waals surface area contributed by atoms with Gasteiger partial charge in [-0.15, -0.1) is 0 Å². The molecule has 2 aromatic heterocycles. The summed E-state index contributed by atoms with van der Waals surface area (Å²) >= 11 is 0. The number of rotatable bonds is 5. The van der Waals surface area contributed by atoms with E-state index in [2.05, 4.69) is 57.6 Å². The lowest BCUT2D eigenvalue weighted by Gasteiger charge is -2.37. The molecule has 0 N–H and O–H groups in total. The van der Waals surface area contributed by atoms with E-state index in [1.807, 2.05) is 53.7 Å². The summed E-state index contributed by atoms with van der Waals surface area (Å²) in [6.45, 7) is 5.38. The summed E-state index contributed by atoms with van der Waals surface area (Å²) in [5.41, 5.74) is 5.66. The Kier molecular flexibility index (Phi) is 5.63. The largest absolute Gasteiger partial charge is 0.368 e. The minimum atomic E-state index is -0.0319. The van der Waals surface area contributed by atoms with Crippen molar-refractivity contribution < 1.29 is 4.79 Å². The summed E-state index contributed by atoms with van der Waals surface area (Å²) in [4.78, 5) is 22.4. The number of hydrogen-bond acceptors (Lipinski definition) is 3. The fraction of sp³-hybridized carbons (Fsp3) is 0.259. The molecular formula is C27H28N4O. The van der Waals surface area contributed by atoms with Crippen molar-refractivity contribution in [3.8, 4) is 0 Å². The van der Waals surface area contributed by atoms with Crippen LogP contribution < -0.4 is 4.90 Å². The Morgan fingerprint density at radius 1 is 0.906 bits per heavy atom. The molecule has 0 radical (unpaired) electrons. The number of pyridine rings is 1. The second kappa shape index (κ2) is 8.87. The minimum Gasteiger partial charge on any atom is -0.368 e. The number of benzene rings is 2. The molecule has 1 atom stereocenters. The van der Waals surface area contributed by atoms with Gasteiger partial charge in [0.25, 0.3) is 0 Å². The predicted molar refractivity (Wildman–Crippen MR) is 128 cm³/mol. The van der Waals surface area contributed by atoms with Crippen LogP contribution >= 0.6 is 0 Å². The Morgan fingerprint density at radius 2 is 1.62 bits per heavy atom. The number of aryl methyl sites for hydroxylation is 1. The smallest absolute Gasteiger partial charge is 0.223 e. The van der Waals surface area contributed by atoms with Gasteiger partial charge in [-0.1, -0.05) is 54.6 Å². The molecule has 3 heterocycles. The first-order chi connectivity index (χ1) is 15.7. The molecule has 0 saturated carbocycles. The number of anilines is 1. The van der Waals surface area contributed by atoms with Crippen molar-refractivity contribution in [1.29, 1.82) is 0 Å². The first kappa shape index (κ1) is 20.3. The second-order valence-electron chi connectivity index (χ2n) is 8.43. The van der Waals surface area contributed by atoms with Gasteiger partial charge in [0.2, 0.25) is 5.91 Å². The molecular weight excluding hydrogens is 396 g/mol. The number of carbonyl (C=O) groups is 1. The number of piperazine rings is 1. The van der Waals surface area contributed by atoms with Gasteiger partial charge in [0.05, 0.1) is 5.69 Å². The fourth-order valence-electron chi connectivity index (χ4n) is 4.71. The number of para-hydroxylation sites is 1. The van der Waals surface area contributed by atoms with Crippen LogP contribution in [0, 0.1) is 6.92 Å². The lowest BCUT2D eigenvalue weighted by Crippen LogP contribution is -2.49. The maximum atomic E-state index is 13.4. The zero-order chi connectivity index (χ0) is 21.9. The monoisotopic (exact) mass is 424 g/mol. The Bertz CT molecular complexity index is 1210. The van der Waals surface area contributed by atoms with Gasteiger partial charge < -0.3 is 14.2 Å². The quantitative estimate of drug-likeness (QED) is 0.473. The highest BCUT2D eigenvalue weighted by Gasteiger charge is 2.27. The average molecular weight is 425 g/mol. The van der Waals surface area contributed by atoms with Crippen molar-refractivity contribution in [3.05, 3.63) is 102 Å². The summed E-state index contributed by atoms with van der Waals surface area (Å²) in [6, 6.07) is 24.8. The molecule has 5 heteroatoms. The van der Waals surface area contributed by atoms with Gasteiger partial charge in [0.1, 0.15) is 5.65 Å². The van der Waals surface area contributed by atoms with Crippen molar-refractivity contribution >= 4 is 17.2 Å². The zero-order valence-electron chi connectivity index (χ0n) is 18.4. The van der Waals surface area contributed by atoms with Crippen molar-refractivity contribution in [2.75, 3.05) is 31.1 Å². The van der Waals surface area contributed by atoms with Crippen LogP contribution in [0.5, 0.6) is 0 Å². The molecule has 1 aliphatic rings. The fourth-order valence-corrected chi connectivity index (χ4v) is 4.71. The SMILES string of the molecule is Cc1ccccc1N1CCN(C(=O)CC(c2ccccc2)c2cnc3ccccn23)CC1. The summed E-state index contributed by atoms with van der Waals surface area (Å²) in [7, 11) is 0. The molecule has 162 valence electrons. The number of fused-ring (bicyclic) bond motifs is 1. The normalized spacial score (nSPS) is 15.2. The van der Waals surface area contributed by atoms with Crippen LogP contribution in [0.2, 0.25) is 0 Å². The molecule has 0 spiro atoms. The highest BCUT2D eigenvalue weighted by Crippen LogP contribution is 2.30. The Balaban J connectivity index is 1.34. The van der Waals surface area contributed by atoms with E-state index in [0.29, 0.717) is 6.42 Å². The lowest BCUT2D eigenvalue weighted by atomic mass is 9.92. The van der Waals surface area contributed by atoms with E-state index in [9.17, 15) is 4.79 Å². The lowest BCUT2D eigenvalue weighted by molar-refractivity contribution is -0.131. The van der Waals surface area contributed by atoms with E-state index in [-0.39, 0.29) is 11.8 Å². The van der Waals surface area contributed by atoms with E-state index in [1.165, 1.54) is 11.3 Å². The van der Waals surface area contributed by atoms with Gasteiger partial charge >= 0.3 is 0 Å². The number of carbonyl (C=O) groups excluding carboxylic acids is 1. The molecule has 1 unspecified atom stereocenters. The third-order valence-corrected chi connectivity index (χ3v) is 6.47. The average Bonchev–Trinajstić information content (AvgIpc) is 3.27. The van der Waals surface area contributed by atoms with Crippen LogP contribution in [0.1, 0.15) is 29.2 Å². The Hall–Kier alpha value is -3.60. The molecule has 4 aromatic rings. The van der Waals surface area contributed by atoms with Crippen molar-refractivity contribution in [1.82, 2.24) is 14.3 Å². The highest BCUT2D eigenvalue weighted by atomic mass is 16.2. The first-order valence-electron chi connectivity index (χ1n) is 11.3. The van der Waals surface area contributed by atoms with E-state index in [0.717, 1.165) is 43.1 Å². The number of imidazole rings is 1. The Morgan fingerprint density at radius 3 is 2.41 bits per heavy atom. The van der Waals surface area contributed by atoms with Gasteiger partial charge in [0.15, 0.2) is 0 Å². The molecule has 5 nitrogen and oxygen atoms in total. The van der Waals surface area contributed by atoms with Gasteiger partial charge in [-0.2, -0.15) is 0 Å². The molecule has 2 aromatic carbocycles. The van der Waals surface area contributed by atoms with Gasteiger partial charge in [-0.05, 0) is 36.2 Å². The van der Waals surface area contributed by atoms with E-state index in [4.69, 9.17) is 0 Å². The highest BCUT2D eigenvalue weighted by molar-refractivity contribution is 5.78. The van der Waals surface area contributed by atoms with Crippen LogP contribution in [0.15, 0.2) is 85.2 Å².